The Morgan fingerprint density at radius 3 is 2.76 bits per heavy atom. The summed E-state index contributed by atoms with van der Waals surface area (Å²) in [5.41, 5.74) is 7.54. The van der Waals surface area contributed by atoms with E-state index in [1.165, 1.54) is 0 Å². The van der Waals surface area contributed by atoms with Gasteiger partial charge in [-0.15, -0.1) is 0 Å². The van der Waals surface area contributed by atoms with Crippen LogP contribution < -0.4 is 5.73 Å². The second-order valence-corrected chi connectivity index (χ2v) is 5.02. The first-order chi connectivity index (χ1) is 8.16. The molecule has 1 aliphatic rings. The zero-order valence-electron chi connectivity index (χ0n) is 10.2. The molecule has 0 radical (unpaired) electrons. The highest BCUT2D eigenvalue weighted by Gasteiger charge is 2.18. The average Bonchev–Trinajstić information content (AvgIpc) is 2.34. The average molecular weight is 255 g/mol. The van der Waals surface area contributed by atoms with Gasteiger partial charge in [0, 0.05) is 36.5 Å². The molecule has 2 N–H and O–H groups in total. The standard InChI is InChI=1S/C13H19ClN2O/c1-16(12-4-6-17-7-5-12)9-10-2-3-11(15)8-13(10)14/h2-3,8,12H,4-7,9,15H2,1H3. The van der Waals surface area contributed by atoms with Gasteiger partial charge >= 0.3 is 0 Å². The Balaban J connectivity index is 1.99. The molecule has 0 spiro atoms. The van der Waals surface area contributed by atoms with Gasteiger partial charge in [0.1, 0.15) is 0 Å². The second kappa shape index (κ2) is 5.71. The second-order valence-electron chi connectivity index (χ2n) is 4.61. The minimum absolute atomic E-state index is 0.595. The third kappa shape index (κ3) is 3.35. The minimum Gasteiger partial charge on any atom is -0.399 e. The van der Waals surface area contributed by atoms with E-state index < -0.39 is 0 Å². The van der Waals surface area contributed by atoms with Gasteiger partial charge < -0.3 is 10.5 Å². The number of rotatable bonds is 3. The van der Waals surface area contributed by atoms with Crippen molar-refractivity contribution < 1.29 is 4.74 Å². The SMILES string of the molecule is CN(Cc1ccc(N)cc1Cl)C1CCOCC1. The Hall–Kier alpha value is -0.770. The Morgan fingerprint density at radius 1 is 1.41 bits per heavy atom. The van der Waals surface area contributed by atoms with Gasteiger partial charge in [-0.3, -0.25) is 4.90 Å². The summed E-state index contributed by atoms with van der Waals surface area (Å²) in [4.78, 5) is 2.35. The highest BCUT2D eigenvalue weighted by molar-refractivity contribution is 6.31. The number of hydrogen-bond donors (Lipinski definition) is 1. The molecule has 17 heavy (non-hydrogen) atoms. The zero-order chi connectivity index (χ0) is 12.3. The van der Waals surface area contributed by atoms with Crippen LogP contribution in [0.5, 0.6) is 0 Å². The highest BCUT2D eigenvalue weighted by atomic mass is 35.5. The molecule has 0 atom stereocenters. The van der Waals surface area contributed by atoms with Crippen LogP contribution >= 0.6 is 11.6 Å². The molecule has 1 fully saturated rings. The quantitative estimate of drug-likeness (QED) is 0.843. The van der Waals surface area contributed by atoms with Gasteiger partial charge in [0.15, 0.2) is 0 Å². The lowest BCUT2D eigenvalue weighted by molar-refractivity contribution is 0.0407. The lowest BCUT2D eigenvalue weighted by Gasteiger charge is -2.31. The van der Waals surface area contributed by atoms with Crippen LogP contribution in [-0.2, 0) is 11.3 Å². The fourth-order valence-corrected chi connectivity index (χ4v) is 2.46. The zero-order valence-corrected chi connectivity index (χ0v) is 10.9. The maximum absolute atomic E-state index is 6.18. The number of ether oxygens (including phenoxy) is 1. The van der Waals surface area contributed by atoms with E-state index in [1.54, 1.807) is 0 Å². The molecule has 0 amide bonds. The summed E-state index contributed by atoms with van der Waals surface area (Å²) in [7, 11) is 2.14. The predicted octanol–water partition coefficient (Wildman–Crippen LogP) is 2.53. The number of halogens is 1. The monoisotopic (exact) mass is 254 g/mol. The Bertz CT molecular complexity index is 378. The van der Waals surface area contributed by atoms with Gasteiger partial charge in [0.2, 0.25) is 0 Å². The van der Waals surface area contributed by atoms with Crippen molar-refractivity contribution >= 4 is 17.3 Å². The van der Waals surface area contributed by atoms with Crippen LogP contribution in [0.2, 0.25) is 5.02 Å². The number of nitrogens with zero attached hydrogens (tertiary/aromatic N) is 1. The van der Waals surface area contributed by atoms with Gasteiger partial charge in [0.25, 0.3) is 0 Å². The summed E-state index contributed by atoms with van der Waals surface area (Å²) in [6.45, 7) is 2.60. The van der Waals surface area contributed by atoms with Crippen LogP contribution in [0.1, 0.15) is 18.4 Å². The summed E-state index contributed by atoms with van der Waals surface area (Å²) in [5, 5.41) is 0.754. The lowest BCUT2D eigenvalue weighted by Crippen LogP contribution is -2.36. The smallest absolute Gasteiger partial charge is 0.0480 e. The third-order valence-corrected chi connectivity index (χ3v) is 3.66. The fourth-order valence-electron chi connectivity index (χ4n) is 2.22. The number of nitrogen functional groups attached to an aromatic ring is 1. The Morgan fingerprint density at radius 2 is 2.12 bits per heavy atom. The molecule has 0 bridgehead atoms. The largest absolute Gasteiger partial charge is 0.399 e. The van der Waals surface area contributed by atoms with E-state index in [0.29, 0.717) is 11.7 Å². The van der Waals surface area contributed by atoms with Crippen molar-refractivity contribution in [3.63, 3.8) is 0 Å². The molecule has 1 aromatic carbocycles. The number of nitrogens with two attached hydrogens (primary N) is 1. The van der Waals surface area contributed by atoms with Crippen molar-refractivity contribution in [1.29, 1.82) is 0 Å². The summed E-state index contributed by atoms with van der Waals surface area (Å²) in [6.07, 6.45) is 2.20. The maximum Gasteiger partial charge on any atom is 0.0480 e. The van der Waals surface area contributed by atoms with Gasteiger partial charge in [-0.05, 0) is 37.6 Å². The van der Waals surface area contributed by atoms with Gasteiger partial charge in [-0.25, -0.2) is 0 Å². The Kier molecular flexibility index (Phi) is 4.26. The van der Waals surface area contributed by atoms with Crippen molar-refractivity contribution in [3.8, 4) is 0 Å². The molecule has 3 nitrogen and oxygen atoms in total. The summed E-state index contributed by atoms with van der Waals surface area (Å²) in [6, 6.07) is 6.32. The molecule has 1 aromatic rings. The molecule has 1 aliphatic heterocycles. The number of anilines is 1. The lowest BCUT2D eigenvalue weighted by atomic mass is 10.1. The fraction of sp³-hybridized carbons (Fsp3) is 0.538. The van der Waals surface area contributed by atoms with E-state index in [0.717, 1.165) is 43.2 Å². The molecule has 0 saturated carbocycles. The number of hydrogen-bond acceptors (Lipinski definition) is 3. The molecule has 2 rings (SSSR count). The van der Waals surface area contributed by atoms with E-state index in [-0.39, 0.29) is 0 Å². The molecule has 0 unspecified atom stereocenters. The Labute approximate surface area is 107 Å². The summed E-state index contributed by atoms with van der Waals surface area (Å²) < 4.78 is 5.37. The molecular formula is C13H19ClN2O. The van der Waals surface area contributed by atoms with Crippen LogP contribution in [0, 0.1) is 0 Å². The normalized spacial score (nSPS) is 17.6. The summed E-state index contributed by atoms with van der Waals surface area (Å²) >= 11 is 6.18. The van der Waals surface area contributed by atoms with Gasteiger partial charge in [-0.1, -0.05) is 17.7 Å². The molecule has 94 valence electrons. The van der Waals surface area contributed by atoms with Gasteiger partial charge in [0.05, 0.1) is 0 Å². The first-order valence-corrected chi connectivity index (χ1v) is 6.36. The van der Waals surface area contributed by atoms with E-state index in [9.17, 15) is 0 Å². The minimum atomic E-state index is 0.595. The van der Waals surface area contributed by atoms with Gasteiger partial charge in [-0.2, -0.15) is 0 Å². The van der Waals surface area contributed by atoms with Crippen LogP contribution in [0.3, 0.4) is 0 Å². The van der Waals surface area contributed by atoms with Crippen molar-refractivity contribution in [2.24, 2.45) is 0 Å². The molecule has 0 aromatic heterocycles. The van der Waals surface area contributed by atoms with E-state index in [4.69, 9.17) is 22.1 Å². The number of benzene rings is 1. The van der Waals surface area contributed by atoms with E-state index in [1.807, 2.05) is 18.2 Å². The predicted molar refractivity (Wildman–Crippen MR) is 71.2 cm³/mol. The summed E-state index contributed by atoms with van der Waals surface area (Å²) in [5.74, 6) is 0. The molecule has 4 heteroatoms. The van der Waals surface area contributed by atoms with E-state index >= 15 is 0 Å². The topological polar surface area (TPSA) is 38.5 Å². The van der Waals surface area contributed by atoms with Crippen molar-refractivity contribution in [2.45, 2.75) is 25.4 Å². The highest BCUT2D eigenvalue weighted by Crippen LogP contribution is 2.22. The van der Waals surface area contributed by atoms with Crippen LogP contribution in [0.25, 0.3) is 0 Å². The van der Waals surface area contributed by atoms with E-state index in [2.05, 4.69) is 11.9 Å². The van der Waals surface area contributed by atoms with Crippen LogP contribution in [0.4, 0.5) is 5.69 Å². The maximum atomic E-state index is 6.18. The first kappa shape index (κ1) is 12.7. The van der Waals surface area contributed by atoms with Crippen molar-refractivity contribution in [3.05, 3.63) is 28.8 Å². The van der Waals surface area contributed by atoms with Crippen molar-refractivity contribution in [2.75, 3.05) is 26.0 Å². The molecule has 1 heterocycles. The molecular weight excluding hydrogens is 236 g/mol. The molecule has 0 aliphatic carbocycles. The van der Waals surface area contributed by atoms with Crippen molar-refractivity contribution in [1.82, 2.24) is 4.90 Å². The van der Waals surface area contributed by atoms with Crippen LogP contribution in [-0.4, -0.2) is 31.2 Å². The molecule has 1 saturated heterocycles. The third-order valence-electron chi connectivity index (χ3n) is 3.31. The van der Waals surface area contributed by atoms with Crippen LogP contribution in [0.15, 0.2) is 18.2 Å². The first-order valence-electron chi connectivity index (χ1n) is 5.98.